The maximum absolute atomic E-state index is 12.8. The van der Waals surface area contributed by atoms with Crippen LogP contribution in [-0.2, 0) is 0 Å². The molecular formula is C19H23N5O2. The van der Waals surface area contributed by atoms with E-state index in [0.29, 0.717) is 23.8 Å². The maximum Gasteiger partial charge on any atom is 0.322 e. The Morgan fingerprint density at radius 1 is 1.31 bits per heavy atom. The van der Waals surface area contributed by atoms with Crippen molar-refractivity contribution >= 4 is 34.7 Å². The van der Waals surface area contributed by atoms with Crippen molar-refractivity contribution in [1.29, 1.82) is 0 Å². The lowest BCUT2D eigenvalue weighted by molar-refractivity contribution is 0.0957. The van der Waals surface area contributed by atoms with Crippen LogP contribution in [0.4, 0.5) is 10.5 Å². The number of carbonyl (C=O) groups excluding carboxylic acids is 2. The summed E-state index contributed by atoms with van der Waals surface area (Å²) >= 11 is 0. The largest absolute Gasteiger partial charge is 0.360 e. The van der Waals surface area contributed by atoms with Crippen LogP contribution in [0.25, 0.3) is 10.9 Å². The van der Waals surface area contributed by atoms with E-state index in [1.807, 2.05) is 24.1 Å². The number of rotatable bonds is 3. The van der Waals surface area contributed by atoms with Crippen LogP contribution in [0.3, 0.4) is 0 Å². The molecule has 2 heterocycles. The fraction of sp³-hybridized carbons (Fsp3) is 0.421. The molecule has 2 aromatic rings. The summed E-state index contributed by atoms with van der Waals surface area (Å²) in [5, 5.41) is 7.72. The molecule has 7 heteroatoms. The molecule has 0 bridgehead atoms. The second kappa shape index (κ2) is 6.82. The van der Waals surface area contributed by atoms with Gasteiger partial charge in [0.15, 0.2) is 0 Å². The highest BCUT2D eigenvalue weighted by Gasteiger charge is 2.25. The van der Waals surface area contributed by atoms with Gasteiger partial charge in [-0.3, -0.25) is 4.79 Å². The van der Waals surface area contributed by atoms with Crippen molar-refractivity contribution in [3.8, 4) is 0 Å². The molecule has 26 heavy (non-hydrogen) atoms. The normalized spacial score (nSPS) is 17.0. The number of anilines is 1. The van der Waals surface area contributed by atoms with E-state index < -0.39 is 0 Å². The highest BCUT2D eigenvalue weighted by atomic mass is 16.2. The average molecular weight is 353 g/mol. The molecule has 0 unspecified atom stereocenters. The molecule has 0 saturated heterocycles. The number of nitrogens with zero attached hydrogens (tertiary/aromatic N) is 2. The fourth-order valence-corrected chi connectivity index (χ4v) is 4.02. The molecule has 1 aromatic carbocycles. The molecule has 3 amide bonds. The van der Waals surface area contributed by atoms with Gasteiger partial charge in [-0.1, -0.05) is 19.3 Å². The molecule has 136 valence electrons. The van der Waals surface area contributed by atoms with Crippen LogP contribution in [-0.4, -0.2) is 40.6 Å². The summed E-state index contributed by atoms with van der Waals surface area (Å²) in [7, 11) is 0. The van der Waals surface area contributed by atoms with Gasteiger partial charge < -0.3 is 15.2 Å². The number of carbonyl (C=O) groups is 2. The van der Waals surface area contributed by atoms with Crippen LogP contribution in [0.5, 0.6) is 0 Å². The molecule has 2 aliphatic rings. The number of benzene rings is 1. The van der Waals surface area contributed by atoms with Crippen molar-refractivity contribution in [2.75, 3.05) is 11.9 Å². The second-order valence-corrected chi connectivity index (χ2v) is 6.90. The number of hydrogen-bond acceptors (Lipinski definition) is 3. The molecule has 0 spiro atoms. The van der Waals surface area contributed by atoms with E-state index in [1.54, 1.807) is 12.3 Å². The zero-order valence-corrected chi connectivity index (χ0v) is 14.8. The molecule has 7 nitrogen and oxygen atoms in total. The van der Waals surface area contributed by atoms with Crippen molar-refractivity contribution in [3.63, 3.8) is 0 Å². The first kappa shape index (κ1) is 16.6. The van der Waals surface area contributed by atoms with Crippen LogP contribution >= 0.6 is 0 Å². The van der Waals surface area contributed by atoms with Crippen LogP contribution in [0.1, 0.15) is 54.9 Å². The molecule has 1 aromatic heterocycles. The molecule has 3 N–H and O–H groups in total. The Bertz CT molecular complexity index is 879. The summed E-state index contributed by atoms with van der Waals surface area (Å²) in [6.45, 7) is 2.68. The predicted octanol–water partition coefficient (Wildman–Crippen LogP) is 3.43. The molecular weight excluding hydrogens is 330 g/mol. The first-order valence-corrected chi connectivity index (χ1v) is 9.23. The smallest absolute Gasteiger partial charge is 0.322 e. The number of hydrazone groups is 1. The van der Waals surface area contributed by atoms with Gasteiger partial charge in [0.2, 0.25) is 0 Å². The molecule has 0 atom stereocenters. The van der Waals surface area contributed by atoms with E-state index in [1.165, 1.54) is 19.3 Å². The summed E-state index contributed by atoms with van der Waals surface area (Å²) in [5.74, 6) is -0.277. The molecule has 0 radical (unpaired) electrons. The van der Waals surface area contributed by atoms with Crippen molar-refractivity contribution in [3.05, 3.63) is 29.5 Å². The first-order chi connectivity index (χ1) is 12.7. The van der Waals surface area contributed by atoms with E-state index >= 15 is 0 Å². The predicted molar refractivity (Wildman–Crippen MR) is 102 cm³/mol. The van der Waals surface area contributed by atoms with Crippen molar-refractivity contribution in [2.24, 2.45) is 5.10 Å². The van der Waals surface area contributed by atoms with Gasteiger partial charge in [-0.05, 0) is 31.9 Å². The van der Waals surface area contributed by atoms with Crippen LogP contribution in [0, 0.1) is 0 Å². The fourth-order valence-electron chi connectivity index (χ4n) is 4.02. The zero-order valence-electron chi connectivity index (χ0n) is 14.8. The third-order valence-corrected chi connectivity index (χ3v) is 5.29. The molecule has 1 aliphatic carbocycles. The number of urea groups is 1. The second-order valence-electron chi connectivity index (χ2n) is 6.90. The Kier molecular flexibility index (Phi) is 4.36. The summed E-state index contributed by atoms with van der Waals surface area (Å²) in [6.07, 6.45) is 9.15. The summed E-state index contributed by atoms with van der Waals surface area (Å²) < 4.78 is 0. The van der Waals surface area contributed by atoms with Crippen molar-refractivity contribution in [1.82, 2.24) is 15.3 Å². The van der Waals surface area contributed by atoms with Gasteiger partial charge in [0.05, 0.1) is 11.8 Å². The lowest BCUT2D eigenvalue weighted by atomic mass is 9.94. The van der Waals surface area contributed by atoms with E-state index in [0.717, 1.165) is 29.3 Å². The highest BCUT2D eigenvalue weighted by Crippen LogP contribution is 2.28. The van der Waals surface area contributed by atoms with Gasteiger partial charge in [-0.15, -0.1) is 0 Å². The van der Waals surface area contributed by atoms with Gasteiger partial charge in [0, 0.05) is 40.9 Å². The van der Waals surface area contributed by atoms with Gasteiger partial charge >= 0.3 is 6.03 Å². The van der Waals surface area contributed by atoms with E-state index in [9.17, 15) is 9.59 Å². The maximum atomic E-state index is 12.8. The van der Waals surface area contributed by atoms with Gasteiger partial charge in [0.25, 0.3) is 5.91 Å². The minimum atomic E-state index is -0.277. The van der Waals surface area contributed by atoms with Crippen LogP contribution in [0.15, 0.2) is 23.4 Å². The first-order valence-electron chi connectivity index (χ1n) is 9.23. The minimum Gasteiger partial charge on any atom is -0.360 e. The molecule has 4 rings (SSSR count). The third kappa shape index (κ3) is 2.94. The zero-order chi connectivity index (χ0) is 18.1. The highest BCUT2D eigenvalue weighted by molar-refractivity contribution is 6.15. The number of hydrogen-bond donors (Lipinski definition) is 3. The number of aromatic nitrogens is 1. The Hall–Kier alpha value is -2.83. The molecule has 1 aliphatic heterocycles. The summed E-state index contributed by atoms with van der Waals surface area (Å²) in [5.41, 5.74) is 5.27. The molecule has 1 saturated carbocycles. The third-order valence-electron chi connectivity index (χ3n) is 5.29. The van der Waals surface area contributed by atoms with E-state index in [2.05, 4.69) is 20.8 Å². The minimum absolute atomic E-state index is 0.108. The van der Waals surface area contributed by atoms with Gasteiger partial charge in [-0.2, -0.15) is 5.10 Å². The Labute approximate surface area is 151 Å². The van der Waals surface area contributed by atoms with E-state index in [4.69, 9.17) is 0 Å². The lowest BCUT2D eigenvalue weighted by Crippen LogP contribution is -2.43. The van der Waals surface area contributed by atoms with Crippen LogP contribution < -0.4 is 10.7 Å². The van der Waals surface area contributed by atoms with Crippen molar-refractivity contribution < 1.29 is 9.59 Å². The topological polar surface area (TPSA) is 89.6 Å². The average Bonchev–Trinajstić information content (AvgIpc) is 2.97. The Balaban J connectivity index is 1.62. The molecule has 1 fully saturated rings. The Morgan fingerprint density at radius 2 is 2.12 bits per heavy atom. The standard InChI is InChI=1S/C19H23N5O2/c1-2-24(14-6-4-3-5-7-14)19(26)22-13-8-15-17-12(10-20-16(17)9-13)11-21-23-18(15)25/h8-11,14,20H,2-7H2,1H3,(H,22,26)(H,23,25). The number of aromatic amines is 1. The monoisotopic (exact) mass is 353 g/mol. The number of amides is 3. The van der Waals surface area contributed by atoms with Gasteiger partial charge in [0.1, 0.15) is 0 Å². The summed E-state index contributed by atoms with van der Waals surface area (Å²) in [4.78, 5) is 30.2. The van der Waals surface area contributed by atoms with Crippen molar-refractivity contribution in [2.45, 2.75) is 45.1 Å². The van der Waals surface area contributed by atoms with E-state index in [-0.39, 0.29) is 11.9 Å². The summed E-state index contributed by atoms with van der Waals surface area (Å²) in [6, 6.07) is 3.77. The quantitative estimate of drug-likeness (QED) is 0.789. The Morgan fingerprint density at radius 3 is 2.88 bits per heavy atom. The van der Waals surface area contributed by atoms with Crippen LogP contribution in [0.2, 0.25) is 0 Å². The number of H-pyrrole nitrogens is 1. The number of nitrogens with one attached hydrogen (secondary N) is 3. The van der Waals surface area contributed by atoms with Gasteiger partial charge in [-0.25, -0.2) is 10.2 Å². The SMILES string of the molecule is CCN(C(=O)Nc1cc2c3c(c[nH]c3c1)C=NNC2=O)C1CCCCC1. The lowest BCUT2D eigenvalue weighted by Gasteiger charge is -2.33.